The lowest BCUT2D eigenvalue weighted by Gasteiger charge is -2.16. The van der Waals surface area contributed by atoms with Gasteiger partial charge in [0.1, 0.15) is 12.1 Å². The molecule has 0 bridgehead atoms. The maximum Gasteiger partial charge on any atom is 0.324 e. The Morgan fingerprint density at radius 3 is 2.47 bits per heavy atom. The summed E-state index contributed by atoms with van der Waals surface area (Å²) in [5.41, 5.74) is 5.29. The van der Waals surface area contributed by atoms with Gasteiger partial charge in [0.25, 0.3) is 0 Å². The van der Waals surface area contributed by atoms with Crippen LogP contribution in [0.5, 0.6) is 0 Å². The summed E-state index contributed by atoms with van der Waals surface area (Å²) in [5, 5.41) is 8.56. The average Bonchev–Trinajstić information content (AvgIpc) is 2.16. The normalized spacial score (nSPS) is 14.3. The van der Waals surface area contributed by atoms with Gasteiger partial charge >= 0.3 is 11.9 Å². The van der Waals surface area contributed by atoms with E-state index in [1.807, 2.05) is 6.92 Å². The van der Waals surface area contributed by atoms with E-state index in [2.05, 4.69) is 0 Å². The lowest BCUT2D eigenvalue weighted by Crippen LogP contribution is -2.42. The van der Waals surface area contributed by atoms with Crippen molar-refractivity contribution < 1.29 is 19.4 Å². The molecular formula is C10H19NO4. The lowest BCUT2D eigenvalue weighted by molar-refractivity contribution is -0.153. The molecule has 0 radical (unpaired) electrons. The summed E-state index contributed by atoms with van der Waals surface area (Å²) in [4.78, 5) is 21.7. The van der Waals surface area contributed by atoms with Crippen molar-refractivity contribution >= 4 is 11.9 Å². The Morgan fingerprint density at radius 2 is 2.00 bits per heavy atom. The number of carbonyl (C=O) groups excluding carboxylic acids is 1. The Kier molecular flexibility index (Phi) is 6.70. The van der Waals surface area contributed by atoms with Gasteiger partial charge < -0.3 is 15.6 Å². The molecular weight excluding hydrogens is 198 g/mol. The summed E-state index contributed by atoms with van der Waals surface area (Å²) in [6.07, 6.45) is 2.30. The zero-order valence-electron chi connectivity index (χ0n) is 9.23. The molecule has 0 amide bonds. The number of nitrogens with two attached hydrogens (primary N) is 1. The van der Waals surface area contributed by atoms with E-state index < -0.39 is 18.1 Å². The molecule has 0 aromatic heterocycles. The van der Waals surface area contributed by atoms with Crippen LogP contribution < -0.4 is 5.73 Å². The van der Waals surface area contributed by atoms with Crippen LogP contribution in [0.1, 0.15) is 39.5 Å². The van der Waals surface area contributed by atoms with Crippen molar-refractivity contribution in [3.05, 3.63) is 0 Å². The molecule has 5 nitrogen and oxygen atoms in total. The highest BCUT2D eigenvalue weighted by atomic mass is 16.5. The number of hydrogen-bond acceptors (Lipinski definition) is 4. The fourth-order valence-electron chi connectivity index (χ4n) is 1.06. The fourth-order valence-corrected chi connectivity index (χ4v) is 1.06. The van der Waals surface area contributed by atoms with Crippen molar-refractivity contribution in [1.29, 1.82) is 0 Å². The van der Waals surface area contributed by atoms with Crippen LogP contribution in [-0.4, -0.2) is 29.2 Å². The Labute approximate surface area is 89.6 Å². The molecule has 0 aliphatic carbocycles. The van der Waals surface area contributed by atoms with Crippen molar-refractivity contribution in [3.63, 3.8) is 0 Å². The highest BCUT2D eigenvalue weighted by Gasteiger charge is 2.23. The van der Waals surface area contributed by atoms with Crippen LogP contribution >= 0.6 is 0 Å². The first kappa shape index (κ1) is 13.9. The third-order valence-corrected chi connectivity index (χ3v) is 2.09. The zero-order valence-corrected chi connectivity index (χ0v) is 9.23. The summed E-state index contributed by atoms with van der Waals surface area (Å²) in [7, 11) is 0. The van der Waals surface area contributed by atoms with Crippen LogP contribution in [0, 0.1) is 0 Å². The first-order valence-corrected chi connectivity index (χ1v) is 5.17. The molecule has 5 heteroatoms. The van der Waals surface area contributed by atoms with Crippen LogP contribution in [0.25, 0.3) is 0 Å². The molecule has 0 saturated heterocycles. The van der Waals surface area contributed by atoms with Gasteiger partial charge in [-0.1, -0.05) is 19.8 Å². The molecule has 0 aliphatic rings. The number of rotatable bonds is 7. The second-order valence-corrected chi connectivity index (χ2v) is 3.52. The Bertz CT molecular complexity index is 217. The summed E-state index contributed by atoms with van der Waals surface area (Å²) >= 11 is 0. The van der Waals surface area contributed by atoms with Crippen molar-refractivity contribution in [3.8, 4) is 0 Å². The van der Waals surface area contributed by atoms with E-state index in [1.54, 1.807) is 0 Å². The molecule has 3 N–H and O–H groups in total. The first-order chi connectivity index (χ1) is 6.99. The second-order valence-electron chi connectivity index (χ2n) is 3.52. The molecule has 0 unspecified atom stereocenters. The van der Waals surface area contributed by atoms with E-state index in [0.717, 1.165) is 19.3 Å². The van der Waals surface area contributed by atoms with Crippen molar-refractivity contribution in [2.24, 2.45) is 5.73 Å². The van der Waals surface area contributed by atoms with Crippen molar-refractivity contribution in [2.45, 2.75) is 51.7 Å². The van der Waals surface area contributed by atoms with Gasteiger partial charge in [0.05, 0.1) is 0 Å². The third kappa shape index (κ3) is 6.06. The topological polar surface area (TPSA) is 89.6 Å². The molecule has 0 aliphatic heterocycles. The molecule has 15 heavy (non-hydrogen) atoms. The van der Waals surface area contributed by atoms with Crippen LogP contribution in [0.15, 0.2) is 0 Å². The van der Waals surface area contributed by atoms with E-state index in [-0.39, 0.29) is 5.97 Å². The maximum atomic E-state index is 11.2. The van der Waals surface area contributed by atoms with E-state index in [9.17, 15) is 9.59 Å². The van der Waals surface area contributed by atoms with Gasteiger partial charge in [-0.3, -0.25) is 9.59 Å². The van der Waals surface area contributed by atoms with Crippen LogP contribution in [0.4, 0.5) is 0 Å². The third-order valence-electron chi connectivity index (χ3n) is 2.09. The largest absolute Gasteiger partial charge is 0.480 e. The predicted molar refractivity (Wildman–Crippen MR) is 55.3 cm³/mol. The number of carboxylic acid groups (broad SMARTS) is 1. The summed E-state index contributed by atoms with van der Waals surface area (Å²) < 4.78 is 4.88. The van der Waals surface area contributed by atoms with Crippen LogP contribution in [0.3, 0.4) is 0 Å². The van der Waals surface area contributed by atoms with Crippen LogP contribution in [-0.2, 0) is 14.3 Å². The molecule has 2 atom stereocenters. The number of esters is 1. The second kappa shape index (κ2) is 7.23. The number of carbonyl (C=O) groups is 2. The molecule has 0 spiro atoms. The lowest BCUT2D eigenvalue weighted by atomic mass is 10.2. The standard InChI is InChI=1S/C10H19NO4/c1-3-4-5-6-8(12)15-7(2)9(11)10(13)14/h7,9H,3-6,11H2,1-2H3,(H,13,14)/t7-,9+/m1/s1. The minimum absolute atomic E-state index is 0.324. The number of carboxylic acids is 1. The zero-order chi connectivity index (χ0) is 11.8. The minimum Gasteiger partial charge on any atom is -0.480 e. The summed E-state index contributed by atoms with van der Waals surface area (Å²) in [6.45, 7) is 3.52. The molecule has 0 heterocycles. The van der Waals surface area contributed by atoms with Crippen molar-refractivity contribution in [1.82, 2.24) is 0 Å². The summed E-state index contributed by atoms with van der Waals surface area (Å²) in [6, 6.07) is -1.15. The fraction of sp³-hybridized carbons (Fsp3) is 0.800. The van der Waals surface area contributed by atoms with Crippen LogP contribution in [0.2, 0.25) is 0 Å². The highest BCUT2D eigenvalue weighted by molar-refractivity contribution is 5.75. The van der Waals surface area contributed by atoms with E-state index in [0.29, 0.717) is 6.42 Å². The predicted octanol–water partition coefficient (Wildman–Crippen LogP) is 0.910. The van der Waals surface area contributed by atoms with E-state index >= 15 is 0 Å². The van der Waals surface area contributed by atoms with Gasteiger partial charge in [0.15, 0.2) is 0 Å². The van der Waals surface area contributed by atoms with Gasteiger partial charge in [0.2, 0.25) is 0 Å². The van der Waals surface area contributed by atoms with Gasteiger partial charge in [-0.05, 0) is 13.3 Å². The molecule has 0 saturated carbocycles. The molecule has 0 fully saturated rings. The number of ether oxygens (including phenoxy) is 1. The highest BCUT2D eigenvalue weighted by Crippen LogP contribution is 2.04. The molecule has 0 rings (SSSR count). The molecule has 0 aromatic carbocycles. The average molecular weight is 217 g/mol. The Morgan fingerprint density at radius 1 is 1.40 bits per heavy atom. The van der Waals surface area contributed by atoms with Gasteiger partial charge in [-0.25, -0.2) is 0 Å². The number of aliphatic carboxylic acids is 1. The van der Waals surface area contributed by atoms with E-state index in [1.165, 1.54) is 6.92 Å². The number of hydrogen-bond donors (Lipinski definition) is 2. The SMILES string of the molecule is CCCCCC(=O)O[C@H](C)[C@H](N)C(=O)O. The Balaban J connectivity index is 3.80. The van der Waals surface area contributed by atoms with Crippen molar-refractivity contribution in [2.75, 3.05) is 0 Å². The molecule has 0 aromatic rings. The van der Waals surface area contributed by atoms with Gasteiger partial charge in [0, 0.05) is 6.42 Å². The first-order valence-electron chi connectivity index (χ1n) is 5.17. The maximum absolute atomic E-state index is 11.2. The smallest absolute Gasteiger partial charge is 0.324 e. The van der Waals surface area contributed by atoms with E-state index in [4.69, 9.17) is 15.6 Å². The quantitative estimate of drug-likeness (QED) is 0.488. The van der Waals surface area contributed by atoms with Gasteiger partial charge in [-0.2, -0.15) is 0 Å². The minimum atomic E-state index is -1.16. The Hall–Kier alpha value is -1.10. The number of unbranched alkanes of at least 4 members (excludes halogenated alkanes) is 2. The molecule has 88 valence electrons. The summed E-state index contributed by atoms with van der Waals surface area (Å²) in [5.74, 6) is -1.54. The monoisotopic (exact) mass is 217 g/mol. The van der Waals surface area contributed by atoms with Gasteiger partial charge in [-0.15, -0.1) is 0 Å².